The molecule has 2 aromatic carbocycles. The van der Waals surface area contributed by atoms with Crippen LogP contribution >= 0.6 is 10.5 Å². The second-order valence-electron chi connectivity index (χ2n) is 10.2. The van der Waals surface area contributed by atoms with E-state index in [-0.39, 0.29) is 5.48 Å². The molecule has 0 amide bonds. The number of allylic oxidation sites excluding steroid dienone is 2. The van der Waals surface area contributed by atoms with Gasteiger partial charge in [0.15, 0.2) is 0 Å². The molecule has 0 saturated heterocycles. The van der Waals surface area contributed by atoms with Crippen molar-refractivity contribution in [3.05, 3.63) is 70.4 Å². The number of rotatable bonds is 9. The zero-order valence-corrected chi connectivity index (χ0v) is 25.6. The molecular formula is C29H43GeN2OS. The maximum Gasteiger partial charge on any atom is -0.412 e. The van der Waals surface area contributed by atoms with Gasteiger partial charge in [-0.25, -0.2) is 0 Å². The van der Waals surface area contributed by atoms with Crippen LogP contribution in [0.4, 0.5) is 11.4 Å². The van der Waals surface area contributed by atoms with Crippen LogP contribution in [0.15, 0.2) is 53.2 Å². The summed E-state index contributed by atoms with van der Waals surface area (Å²) in [7, 11) is 5.79. The van der Waals surface area contributed by atoms with Gasteiger partial charge in [0.25, 0.3) is 0 Å². The van der Waals surface area contributed by atoms with Gasteiger partial charge in [0.1, 0.15) is 0 Å². The van der Waals surface area contributed by atoms with E-state index in [0.29, 0.717) is 23.7 Å². The minimum Gasteiger partial charge on any atom is -0.412 e. The Morgan fingerprint density at radius 1 is 0.765 bits per heavy atom. The minimum absolute atomic E-state index is 0. The first kappa shape index (κ1) is 30.4. The van der Waals surface area contributed by atoms with Crippen LogP contribution in [-0.2, 0) is 0 Å². The van der Waals surface area contributed by atoms with Crippen molar-refractivity contribution in [3.63, 3.8) is 0 Å². The molecule has 0 aliphatic heterocycles. The van der Waals surface area contributed by atoms with Crippen molar-refractivity contribution in [2.75, 3.05) is 3.86 Å². The van der Waals surface area contributed by atoms with Gasteiger partial charge in [0, 0.05) is 0 Å². The monoisotopic (exact) mass is 541 g/mol. The number of nitrogens with zero attached hydrogens (tertiary/aromatic N) is 2. The summed E-state index contributed by atoms with van der Waals surface area (Å²) >= 11 is -0.746. The summed E-state index contributed by atoms with van der Waals surface area (Å²) in [5.41, 5.74) is 10.1. The molecule has 0 bridgehead atoms. The van der Waals surface area contributed by atoms with Gasteiger partial charge in [-0.3, -0.25) is 0 Å². The summed E-state index contributed by atoms with van der Waals surface area (Å²) in [6, 6.07) is 13.3. The Bertz CT molecular complexity index is 986. The Kier molecular flexibility index (Phi) is 12.0. The van der Waals surface area contributed by atoms with Gasteiger partial charge in [-0.15, -0.1) is 0 Å². The second-order valence-corrected chi connectivity index (χ2v) is 12.4. The number of hydrogen-bond acceptors (Lipinski definition) is 2. The molecule has 0 unspecified atom stereocenters. The van der Waals surface area contributed by atoms with Crippen LogP contribution in [0, 0.1) is 0 Å². The van der Waals surface area contributed by atoms with Gasteiger partial charge in [-0.2, -0.15) is 0 Å². The van der Waals surface area contributed by atoms with Crippen molar-refractivity contribution < 1.29 is 5.48 Å². The fourth-order valence-electron chi connectivity index (χ4n) is 4.28. The van der Waals surface area contributed by atoms with Crippen molar-refractivity contribution in [3.8, 4) is 0 Å². The average Bonchev–Trinajstić information content (AvgIpc) is 2.73. The summed E-state index contributed by atoms with van der Waals surface area (Å²) in [4.78, 5) is 5.16. The van der Waals surface area contributed by atoms with Gasteiger partial charge in [-0.1, -0.05) is 0 Å². The van der Waals surface area contributed by atoms with Gasteiger partial charge < -0.3 is 5.48 Å². The number of aliphatic imine (C=N–C) groups is 1. The molecule has 34 heavy (non-hydrogen) atoms. The maximum absolute atomic E-state index is 5.79. The van der Waals surface area contributed by atoms with E-state index >= 15 is 0 Å². The van der Waals surface area contributed by atoms with Crippen LogP contribution in [0.1, 0.15) is 115 Å². The molecule has 0 aliphatic carbocycles. The van der Waals surface area contributed by atoms with E-state index in [4.69, 9.17) is 15.4 Å². The number of para-hydroxylation sites is 2. The van der Waals surface area contributed by atoms with E-state index in [9.17, 15) is 0 Å². The van der Waals surface area contributed by atoms with Gasteiger partial charge in [0.05, 0.1) is 0 Å². The van der Waals surface area contributed by atoms with Crippen LogP contribution in [0.25, 0.3) is 0 Å². The molecule has 0 saturated carbocycles. The van der Waals surface area contributed by atoms with Crippen molar-refractivity contribution in [2.45, 2.75) is 92.9 Å². The predicted molar refractivity (Wildman–Crippen MR) is 155 cm³/mol. The van der Waals surface area contributed by atoms with Crippen molar-refractivity contribution in [2.24, 2.45) is 4.99 Å². The Hall–Kier alpha value is -1.63. The third kappa shape index (κ3) is 7.19. The van der Waals surface area contributed by atoms with Gasteiger partial charge in [-0.05, 0) is 0 Å². The standard InChI is InChI=1S/C29H41GeN2S.H2O/c1-18(2)24-13-11-14-25(19(3)4)28(24)31-22(9)17-23(10)32(30-33)29-26(20(5)6)15-12-16-27(29)21(7)8;/h11-21H,1-10H3;1H2/b23-17+,31-22?;. The second kappa shape index (κ2) is 13.5. The molecule has 0 fully saturated rings. The molecule has 0 aromatic heterocycles. The van der Waals surface area contributed by atoms with E-state index in [0.717, 1.165) is 11.4 Å². The molecule has 2 N–H and O–H groups in total. The van der Waals surface area contributed by atoms with Gasteiger partial charge >= 0.3 is 214 Å². The number of anilines is 1. The zero-order valence-electron chi connectivity index (χ0n) is 22.7. The predicted octanol–water partition coefficient (Wildman–Crippen LogP) is 8.59. The fourth-order valence-corrected chi connectivity index (χ4v) is 6.67. The summed E-state index contributed by atoms with van der Waals surface area (Å²) in [6.45, 7) is 22.4. The molecule has 185 valence electrons. The number of benzene rings is 2. The summed E-state index contributed by atoms with van der Waals surface area (Å²) in [5, 5.41) is 0. The third-order valence-corrected chi connectivity index (χ3v) is 8.60. The normalized spacial score (nSPS) is 12.5. The van der Waals surface area contributed by atoms with Crippen LogP contribution in [-0.4, -0.2) is 25.2 Å². The maximum atomic E-state index is 5.79. The first-order valence-electron chi connectivity index (χ1n) is 12.2. The smallest absolute Gasteiger partial charge is 0.412 e. The SMILES string of the molecule is CC(/C=C(\C)[N]([Ge]=[S])c1c(C(C)C)cccc1C(C)C)=Nc1c(C(C)C)cccc1C(C)C.O. The van der Waals surface area contributed by atoms with Crippen molar-refractivity contribution >= 4 is 41.5 Å². The van der Waals surface area contributed by atoms with Gasteiger partial charge in [0.2, 0.25) is 0 Å². The quantitative estimate of drug-likeness (QED) is 0.236. The van der Waals surface area contributed by atoms with Crippen LogP contribution in [0.3, 0.4) is 0 Å². The Balaban J connectivity index is 0.00000578. The summed E-state index contributed by atoms with van der Waals surface area (Å²) in [6.07, 6.45) is 2.22. The molecule has 0 heterocycles. The van der Waals surface area contributed by atoms with Crippen molar-refractivity contribution in [1.82, 2.24) is 0 Å². The molecule has 2 aromatic rings. The molecule has 0 spiro atoms. The zero-order chi connectivity index (χ0) is 24.9. The average molecular weight is 540 g/mol. The van der Waals surface area contributed by atoms with Crippen molar-refractivity contribution in [1.29, 1.82) is 0 Å². The topological polar surface area (TPSA) is 47.1 Å². The molecular weight excluding hydrogens is 497 g/mol. The largest absolute Gasteiger partial charge is 0.412 e. The fraction of sp³-hybridized carbons (Fsp3) is 0.483. The Morgan fingerprint density at radius 3 is 1.50 bits per heavy atom. The molecule has 1 radical (unpaired) electrons. The summed E-state index contributed by atoms with van der Waals surface area (Å²) < 4.78 is 2.41. The molecule has 0 aliphatic rings. The molecule has 5 heteroatoms. The first-order valence-corrected chi connectivity index (χ1v) is 16.1. The van der Waals surface area contributed by atoms with E-state index in [2.05, 4.69) is 116 Å². The van der Waals surface area contributed by atoms with E-state index < -0.39 is 14.0 Å². The van der Waals surface area contributed by atoms with E-state index in [1.165, 1.54) is 33.6 Å². The van der Waals surface area contributed by atoms with E-state index in [1.807, 2.05) is 0 Å². The molecule has 2 rings (SSSR count). The number of hydrogen-bond donors (Lipinski definition) is 0. The summed E-state index contributed by atoms with van der Waals surface area (Å²) in [5.74, 6) is 1.76. The first-order chi connectivity index (χ1) is 15.5. The molecule has 3 nitrogen and oxygen atoms in total. The molecule has 0 atom stereocenters. The minimum atomic E-state index is -0.746. The van der Waals surface area contributed by atoms with Crippen LogP contribution in [0.5, 0.6) is 0 Å². The van der Waals surface area contributed by atoms with Crippen LogP contribution < -0.4 is 3.86 Å². The Labute approximate surface area is 218 Å². The van der Waals surface area contributed by atoms with E-state index in [1.54, 1.807) is 0 Å². The third-order valence-electron chi connectivity index (χ3n) is 6.06. The van der Waals surface area contributed by atoms with Crippen LogP contribution in [0.2, 0.25) is 0 Å². The Morgan fingerprint density at radius 2 is 1.15 bits per heavy atom.